The molecule has 5 nitrogen and oxygen atoms in total. The third-order valence-corrected chi connectivity index (χ3v) is 6.37. The van der Waals surface area contributed by atoms with Crippen LogP contribution in [0.15, 0.2) is 48.1 Å². The van der Waals surface area contributed by atoms with E-state index in [0.29, 0.717) is 0 Å². The average molecular weight is 374 g/mol. The number of aromatic nitrogens is 3. The van der Waals surface area contributed by atoms with E-state index in [9.17, 15) is 0 Å². The smallest absolute Gasteiger partial charge is 0.131 e. The van der Waals surface area contributed by atoms with Crippen LogP contribution in [0.2, 0.25) is 0 Å². The number of nitrogens with zero attached hydrogens (tertiary/aromatic N) is 5. The van der Waals surface area contributed by atoms with Crippen LogP contribution in [-0.2, 0) is 13.0 Å². The van der Waals surface area contributed by atoms with Crippen molar-refractivity contribution < 1.29 is 0 Å². The summed E-state index contributed by atoms with van der Waals surface area (Å²) in [5.41, 5.74) is 5.61. The zero-order valence-corrected chi connectivity index (χ0v) is 16.5. The summed E-state index contributed by atoms with van der Waals surface area (Å²) in [6.45, 7) is 7.21. The highest BCUT2D eigenvalue weighted by molar-refractivity contribution is 5.82. The number of hydrogen-bond donors (Lipinski definition) is 0. The molecule has 0 unspecified atom stereocenters. The molecule has 1 saturated carbocycles. The van der Waals surface area contributed by atoms with Crippen molar-refractivity contribution in [3.05, 3.63) is 54.4 Å². The maximum absolute atomic E-state index is 4.95. The van der Waals surface area contributed by atoms with Gasteiger partial charge in [-0.1, -0.05) is 19.1 Å². The fourth-order valence-corrected chi connectivity index (χ4v) is 4.51. The molecule has 0 amide bonds. The van der Waals surface area contributed by atoms with Gasteiger partial charge >= 0.3 is 0 Å². The molecule has 0 saturated heterocycles. The van der Waals surface area contributed by atoms with Crippen molar-refractivity contribution >= 4 is 17.2 Å². The van der Waals surface area contributed by atoms with Crippen molar-refractivity contribution in [3.63, 3.8) is 0 Å². The summed E-state index contributed by atoms with van der Waals surface area (Å²) in [7, 11) is 1.80. The van der Waals surface area contributed by atoms with Gasteiger partial charge in [-0.2, -0.15) is 0 Å². The molecule has 0 bridgehead atoms. The van der Waals surface area contributed by atoms with Gasteiger partial charge in [0.25, 0.3) is 0 Å². The predicted molar refractivity (Wildman–Crippen MR) is 114 cm³/mol. The van der Waals surface area contributed by atoms with E-state index in [1.807, 2.05) is 10.6 Å². The largest absolute Gasteiger partial charge is 0.327 e. The Kier molecular flexibility index (Phi) is 4.40. The van der Waals surface area contributed by atoms with Crippen LogP contribution < -0.4 is 5.49 Å². The van der Waals surface area contributed by atoms with Gasteiger partial charge in [-0.3, -0.25) is 9.89 Å². The van der Waals surface area contributed by atoms with E-state index >= 15 is 0 Å². The summed E-state index contributed by atoms with van der Waals surface area (Å²) >= 11 is 0. The summed E-state index contributed by atoms with van der Waals surface area (Å²) < 4.78 is 4.40. The predicted octanol–water partition coefficient (Wildman–Crippen LogP) is 3.55. The topological polar surface area (TPSA) is 38.4 Å². The minimum atomic E-state index is 0.809. The highest BCUT2D eigenvalue weighted by atomic mass is 15.2. The molecule has 144 valence electrons. The van der Waals surface area contributed by atoms with E-state index in [1.54, 1.807) is 13.2 Å². The minimum Gasteiger partial charge on any atom is -0.327 e. The summed E-state index contributed by atoms with van der Waals surface area (Å²) in [5, 5.41) is 0. The zero-order valence-electron chi connectivity index (χ0n) is 16.5. The lowest BCUT2D eigenvalue weighted by Crippen LogP contribution is -2.41. The molecule has 1 aromatic carbocycles. The van der Waals surface area contributed by atoms with E-state index in [2.05, 4.69) is 51.5 Å². The molecule has 0 spiro atoms. The third kappa shape index (κ3) is 2.90. The van der Waals surface area contributed by atoms with Crippen molar-refractivity contribution in [2.45, 2.75) is 38.3 Å². The quantitative estimate of drug-likeness (QED) is 0.704. The van der Waals surface area contributed by atoms with Crippen molar-refractivity contribution in [1.29, 1.82) is 0 Å². The first-order chi connectivity index (χ1) is 13.8. The van der Waals surface area contributed by atoms with Crippen molar-refractivity contribution in [2.24, 2.45) is 4.99 Å². The maximum Gasteiger partial charge on any atom is 0.131 e. The fraction of sp³-hybridized carbons (Fsp3) is 0.391. The number of rotatable bonds is 3. The second-order valence-corrected chi connectivity index (χ2v) is 7.84. The molecule has 3 heterocycles. The standard InChI is InChI=1S/C23H27N5/c1-3-26-16-18(8-10-22(26)24-2)17-7-9-20-21(15-17)28-14-13-27(19-5-4-6-19)12-11-23(28)25-20/h3,7-10,15-16,19H,1,4-6,11-14H2,2H3. The first-order valence-corrected chi connectivity index (χ1v) is 10.3. The number of fused-ring (bicyclic) bond motifs is 3. The SMILES string of the molecule is C=Cn1cc(-c2ccc3nc4n(c3c2)CCN(C2CCC2)CC4)ccc1=NC. The van der Waals surface area contributed by atoms with Gasteiger partial charge in [0.2, 0.25) is 0 Å². The molecule has 3 aromatic rings. The Balaban J connectivity index is 1.52. The molecule has 1 aliphatic carbocycles. The van der Waals surface area contributed by atoms with Crippen LogP contribution in [0.3, 0.4) is 0 Å². The summed E-state index contributed by atoms with van der Waals surface area (Å²) in [6, 6.07) is 11.6. The van der Waals surface area contributed by atoms with E-state index in [0.717, 1.165) is 48.7 Å². The number of pyridine rings is 1. The van der Waals surface area contributed by atoms with Crippen molar-refractivity contribution in [2.75, 3.05) is 20.1 Å². The second kappa shape index (κ2) is 7.06. The zero-order chi connectivity index (χ0) is 19.1. The molecule has 1 fully saturated rings. The minimum absolute atomic E-state index is 0.809. The molecular weight excluding hydrogens is 346 g/mol. The van der Waals surface area contributed by atoms with Crippen molar-refractivity contribution in [1.82, 2.24) is 19.0 Å². The third-order valence-electron chi connectivity index (χ3n) is 6.37. The van der Waals surface area contributed by atoms with E-state index in [-0.39, 0.29) is 0 Å². The normalized spacial score (nSPS) is 18.7. The maximum atomic E-state index is 4.95. The molecule has 5 rings (SSSR count). The lowest BCUT2D eigenvalue weighted by Gasteiger charge is -2.36. The van der Waals surface area contributed by atoms with Crippen LogP contribution in [0, 0.1) is 0 Å². The fourth-order valence-electron chi connectivity index (χ4n) is 4.51. The van der Waals surface area contributed by atoms with Gasteiger partial charge < -0.3 is 9.13 Å². The first-order valence-electron chi connectivity index (χ1n) is 10.3. The number of imidazole rings is 1. The van der Waals surface area contributed by atoms with Crippen LogP contribution >= 0.6 is 0 Å². The van der Waals surface area contributed by atoms with Crippen LogP contribution in [0.5, 0.6) is 0 Å². The van der Waals surface area contributed by atoms with Crippen LogP contribution in [0.1, 0.15) is 25.1 Å². The summed E-state index contributed by atoms with van der Waals surface area (Å²) in [6.07, 6.45) is 9.07. The Morgan fingerprint density at radius 1 is 1.11 bits per heavy atom. The molecule has 0 N–H and O–H groups in total. The highest BCUT2D eigenvalue weighted by Gasteiger charge is 2.27. The van der Waals surface area contributed by atoms with Crippen LogP contribution in [0.25, 0.3) is 28.4 Å². The van der Waals surface area contributed by atoms with Gasteiger partial charge in [0.15, 0.2) is 0 Å². The summed E-state index contributed by atoms with van der Waals surface area (Å²) in [5.74, 6) is 1.23. The molecule has 28 heavy (non-hydrogen) atoms. The van der Waals surface area contributed by atoms with Crippen molar-refractivity contribution in [3.8, 4) is 11.1 Å². The molecule has 1 aliphatic heterocycles. The van der Waals surface area contributed by atoms with Gasteiger partial charge in [-0.15, -0.1) is 0 Å². The Morgan fingerprint density at radius 3 is 2.71 bits per heavy atom. The molecule has 2 aliphatic rings. The van der Waals surface area contributed by atoms with Gasteiger partial charge in [-0.25, -0.2) is 4.98 Å². The van der Waals surface area contributed by atoms with E-state index < -0.39 is 0 Å². The van der Waals surface area contributed by atoms with Crippen LogP contribution in [0.4, 0.5) is 0 Å². The molecule has 5 heteroatoms. The number of benzene rings is 1. The van der Waals surface area contributed by atoms with Gasteiger partial charge in [-0.05, 0) is 48.2 Å². The first kappa shape index (κ1) is 17.4. The lowest BCUT2D eigenvalue weighted by atomic mass is 9.91. The van der Waals surface area contributed by atoms with Crippen LogP contribution in [-0.4, -0.2) is 45.2 Å². The monoisotopic (exact) mass is 373 g/mol. The Labute approximate surface area is 165 Å². The average Bonchev–Trinajstić information content (AvgIpc) is 2.92. The molecule has 0 atom stereocenters. The summed E-state index contributed by atoms with van der Waals surface area (Å²) in [4.78, 5) is 11.9. The highest BCUT2D eigenvalue weighted by Crippen LogP contribution is 2.29. The van der Waals surface area contributed by atoms with Gasteiger partial charge in [0, 0.05) is 51.5 Å². The molecular formula is C23H27N5. The Morgan fingerprint density at radius 2 is 1.96 bits per heavy atom. The molecule has 0 radical (unpaired) electrons. The Bertz CT molecular complexity index is 1100. The van der Waals surface area contributed by atoms with Gasteiger partial charge in [0.05, 0.1) is 11.0 Å². The second-order valence-electron chi connectivity index (χ2n) is 7.84. The van der Waals surface area contributed by atoms with E-state index in [1.165, 1.54) is 36.2 Å². The number of hydrogen-bond acceptors (Lipinski definition) is 3. The van der Waals surface area contributed by atoms with E-state index in [4.69, 9.17) is 4.98 Å². The Hall–Kier alpha value is -2.66. The van der Waals surface area contributed by atoms with Gasteiger partial charge in [0.1, 0.15) is 11.3 Å². The molecule has 2 aromatic heterocycles. The lowest BCUT2D eigenvalue weighted by molar-refractivity contribution is 0.130.